The number of phenols is 1. The van der Waals surface area contributed by atoms with Gasteiger partial charge in [-0.1, -0.05) is 0 Å². The standard InChI is InChI=1S/C20H20N2O4/c1-20(2)11-10-16-17(26-20)9-6-14(18(16)23)12-21-22-19(24)13-4-7-15(25-3)8-5-13/h4-12,23H,1-3H3,(H,22,24)/b21-12+. The van der Waals surface area contributed by atoms with Crippen LogP contribution in [0.3, 0.4) is 0 Å². The number of benzene rings is 2. The Morgan fingerprint density at radius 2 is 1.96 bits per heavy atom. The number of carbonyl (C=O) groups excluding carboxylic acids is 1. The zero-order valence-corrected chi connectivity index (χ0v) is 14.8. The summed E-state index contributed by atoms with van der Waals surface area (Å²) in [6.45, 7) is 3.88. The van der Waals surface area contributed by atoms with Crippen molar-refractivity contribution in [1.29, 1.82) is 0 Å². The van der Waals surface area contributed by atoms with E-state index in [0.29, 0.717) is 28.2 Å². The third-order valence-corrected chi connectivity index (χ3v) is 3.95. The second-order valence-electron chi connectivity index (χ2n) is 6.38. The maximum absolute atomic E-state index is 12.1. The molecule has 0 aliphatic carbocycles. The number of nitrogens with zero attached hydrogens (tertiary/aromatic N) is 1. The summed E-state index contributed by atoms with van der Waals surface area (Å²) >= 11 is 0. The van der Waals surface area contributed by atoms with Gasteiger partial charge in [0.1, 0.15) is 22.8 Å². The number of hydrogen-bond acceptors (Lipinski definition) is 5. The van der Waals surface area contributed by atoms with Gasteiger partial charge in [-0.3, -0.25) is 4.79 Å². The topological polar surface area (TPSA) is 80.2 Å². The minimum atomic E-state index is -0.415. The lowest BCUT2D eigenvalue weighted by Crippen LogP contribution is -2.27. The monoisotopic (exact) mass is 352 g/mol. The van der Waals surface area contributed by atoms with E-state index < -0.39 is 5.60 Å². The molecule has 0 atom stereocenters. The Labute approximate surface area is 151 Å². The van der Waals surface area contributed by atoms with Crippen molar-refractivity contribution in [1.82, 2.24) is 5.43 Å². The third-order valence-electron chi connectivity index (χ3n) is 3.95. The molecule has 0 unspecified atom stereocenters. The third kappa shape index (κ3) is 3.69. The summed E-state index contributed by atoms with van der Waals surface area (Å²) in [7, 11) is 1.56. The summed E-state index contributed by atoms with van der Waals surface area (Å²) in [6.07, 6.45) is 5.09. The summed E-state index contributed by atoms with van der Waals surface area (Å²) in [5.41, 5.74) is 3.54. The van der Waals surface area contributed by atoms with Crippen molar-refractivity contribution >= 4 is 18.2 Å². The van der Waals surface area contributed by atoms with Gasteiger partial charge in [-0.2, -0.15) is 5.10 Å². The summed E-state index contributed by atoms with van der Waals surface area (Å²) in [5, 5.41) is 14.3. The van der Waals surface area contributed by atoms with E-state index in [1.54, 1.807) is 43.5 Å². The lowest BCUT2D eigenvalue weighted by atomic mass is 10.00. The van der Waals surface area contributed by atoms with Crippen molar-refractivity contribution in [3.63, 3.8) is 0 Å². The van der Waals surface area contributed by atoms with Crippen LogP contribution in [0.5, 0.6) is 17.2 Å². The lowest BCUT2D eigenvalue weighted by Gasteiger charge is -2.28. The number of rotatable bonds is 4. The van der Waals surface area contributed by atoms with Crippen LogP contribution in [-0.2, 0) is 0 Å². The van der Waals surface area contributed by atoms with Gasteiger partial charge in [-0.15, -0.1) is 0 Å². The van der Waals surface area contributed by atoms with E-state index in [1.807, 2.05) is 26.0 Å². The van der Waals surface area contributed by atoms with Crippen molar-refractivity contribution in [2.45, 2.75) is 19.4 Å². The lowest BCUT2D eigenvalue weighted by molar-refractivity contribution is 0.0955. The Balaban J connectivity index is 1.72. The number of nitrogens with one attached hydrogen (secondary N) is 1. The van der Waals surface area contributed by atoms with E-state index in [9.17, 15) is 9.90 Å². The van der Waals surface area contributed by atoms with Crippen molar-refractivity contribution < 1.29 is 19.4 Å². The van der Waals surface area contributed by atoms with E-state index in [0.717, 1.165) is 0 Å². The first kappa shape index (κ1) is 17.5. The molecule has 6 nitrogen and oxygen atoms in total. The number of carbonyl (C=O) groups is 1. The highest BCUT2D eigenvalue weighted by Crippen LogP contribution is 2.37. The van der Waals surface area contributed by atoms with Crippen LogP contribution in [-0.4, -0.2) is 29.9 Å². The highest BCUT2D eigenvalue weighted by Gasteiger charge is 2.24. The molecule has 0 radical (unpaired) electrons. The number of fused-ring (bicyclic) bond motifs is 1. The summed E-state index contributed by atoms with van der Waals surface area (Å²) in [6, 6.07) is 10.1. The van der Waals surface area contributed by atoms with Crippen LogP contribution in [0.2, 0.25) is 0 Å². The average molecular weight is 352 g/mol. The molecule has 1 heterocycles. The molecule has 134 valence electrons. The molecular formula is C20H20N2O4. The first-order valence-corrected chi connectivity index (χ1v) is 8.11. The van der Waals surface area contributed by atoms with Crippen molar-refractivity contribution in [3.05, 3.63) is 59.2 Å². The average Bonchev–Trinajstić information content (AvgIpc) is 2.62. The first-order chi connectivity index (χ1) is 12.4. The van der Waals surface area contributed by atoms with Crippen LogP contribution in [0, 0.1) is 0 Å². The molecule has 6 heteroatoms. The fourth-order valence-electron chi connectivity index (χ4n) is 2.53. The summed E-state index contributed by atoms with van der Waals surface area (Å²) in [4.78, 5) is 12.1. The predicted molar refractivity (Wildman–Crippen MR) is 99.9 cm³/mol. The van der Waals surface area contributed by atoms with Gasteiger partial charge in [0.2, 0.25) is 0 Å². The second-order valence-corrected chi connectivity index (χ2v) is 6.38. The van der Waals surface area contributed by atoms with Gasteiger partial charge < -0.3 is 14.6 Å². The van der Waals surface area contributed by atoms with Crippen molar-refractivity contribution in [2.75, 3.05) is 7.11 Å². The Bertz CT molecular complexity index is 883. The Hall–Kier alpha value is -3.28. The first-order valence-electron chi connectivity index (χ1n) is 8.11. The number of amides is 1. The molecule has 2 aromatic rings. The van der Waals surface area contributed by atoms with Gasteiger partial charge in [0, 0.05) is 11.1 Å². The predicted octanol–water partition coefficient (Wildman–Crippen LogP) is 3.35. The maximum Gasteiger partial charge on any atom is 0.271 e. The highest BCUT2D eigenvalue weighted by molar-refractivity contribution is 5.95. The molecule has 1 aliphatic rings. The summed E-state index contributed by atoms with van der Waals surface area (Å²) < 4.78 is 10.9. The molecule has 1 aliphatic heterocycles. The molecule has 0 aromatic heterocycles. The van der Waals surface area contributed by atoms with Gasteiger partial charge in [0.25, 0.3) is 5.91 Å². The number of phenolic OH excluding ortho intramolecular Hbond substituents is 1. The van der Waals surface area contributed by atoms with Gasteiger partial charge in [0.05, 0.1) is 18.9 Å². The zero-order chi connectivity index (χ0) is 18.7. The van der Waals surface area contributed by atoms with E-state index in [-0.39, 0.29) is 11.7 Å². The van der Waals surface area contributed by atoms with Crippen LogP contribution in [0.15, 0.2) is 47.6 Å². The van der Waals surface area contributed by atoms with Crippen molar-refractivity contribution in [2.24, 2.45) is 5.10 Å². The molecule has 0 bridgehead atoms. The van der Waals surface area contributed by atoms with Gasteiger partial charge in [-0.05, 0) is 62.4 Å². The fourth-order valence-corrected chi connectivity index (χ4v) is 2.53. The van der Waals surface area contributed by atoms with Gasteiger partial charge in [0.15, 0.2) is 0 Å². The van der Waals surface area contributed by atoms with E-state index in [4.69, 9.17) is 9.47 Å². The number of hydrazone groups is 1. The van der Waals surface area contributed by atoms with E-state index in [1.165, 1.54) is 6.21 Å². The molecular weight excluding hydrogens is 332 g/mol. The normalized spacial score (nSPS) is 14.6. The molecule has 0 saturated heterocycles. The maximum atomic E-state index is 12.1. The Kier molecular flexibility index (Phi) is 4.67. The van der Waals surface area contributed by atoms with Crippen LogP contribution < -0.4 is 14.9 Å². The van der Waals surface area contributed by atoms with Crippen LogP contribution >= 0.6 is 0 Å². The fraction of sp³-hybridized carbons (Fsp3) is 0.200. The van der Waals surface area contributed by atoms with Crippen LogP contribution in [0.1, 0.15) is 35.3 Å². The molecule has 0 saturated carbocycles. The SMILES string of the molecule is COc1ccc(C(=O)N/N=C/c2ccc3c(c2O)C=CC(C)(C)O3)cc1. The molecule has 1 amide bonds. The second kappa shape index (κ2) is 6.92. The number of methoxy groups -OCH3 is 1. The van der Waals surface area contributed by atoms with E-state index in [2.05, 4.69) is 10.5 Å². The highest BCUT2D eigenvalue weighted by atomic mass is 16.5. The molecule has 0 spiro atoms. The molecule has 2 aromatic carbocycles. The minimum absolute atomic E-state index is 0.0525. The smallest absolute Gasteiger partial charge is 0.271 e. The zero-order valence-electron chi connectivity index (χ0n) is 14.8. The van der Waals surface area contributed by atoms with Crippen molar-refractivity contribution in [3.8, 4) is 17.2 Å². The molecule has 3 rings (SSSR count). The summed E-state index contributed by atoms with van der Waals surface area (Å²) in [5.74, 6) is 0.972. The van der Waals surface area contributed by atoms with E-state index >= 15 is 0 Å². The quantitative estimate of drug-likeness (QED) is 0.653. The molecule has 26 heavy (non-hydrogen) atoms. The van der Waals surface area contributed by atoms with Gasteiger partial charge in [-0.25, -0.2) is 5.43 Å². The van der Waals surface area contributed by atoms with Crippen LogP contribution in [0.4, 0.5) is 0 Å². The molecule has 2 N–H and O–H groups in total. The number of ether oxygens (including phenoxy) is 2. The number of aromatic hydroxyl groups is 1. The molecule has 0 fully saturated rings. The number of hydrogen-bond donors (Lipinski definition) is 2. The minimum Gasteiger partial charge on any atom is -0.506 e. The Morgan fingerprint density at radius 3 is 2.65 bits per heavy atom. The van der Waals surface area contributed by atoms with Gasteiger partial charge >= 0.3 is 0 Å². The van der Waals surface area contributed by atoms with Crippen LogP contribution in [0.25, 0.3) is 6.08 Å². The Morgan fingerprint density at radius 1 is 1.23 bits per heavy atom. The largest absolute Gasteiger partial charge is 0.506 e.